The lowest BCUT2D eigenvalue weighted by molar-refractivity contribution is -0.127. The van der Waals surface area contributed by atoms with Crippen molar-refractivity contribution in [2.45, 2.75) is 25.4 Å². The van der Waals surface area contributed by atoms with Gasteiger partial charge in [-0.3, -0.25) is 9.59 Å². The van der Waals surface area contributed by atoms with Crippen molar-refractivity contribution >= 4 is 22.6 Å². The van der Waals surface area contributed by atoms with Crippen LogP contribution in [0.3, 0.4) is 0 Å². The van der Waals surface area contributed by atoms with Gasteiger partial charge in [-0.2, -0.15) is 0 Å². The monoisotopic (exact) mass is 285 g/mol. The van der Waals surface area contributed by atoms with E-state index < -0.39 is 18.0 Å². The number of amides is 2. The molecule has 2 amide bonds. The molecule has 0 aliphatic carbocycles. The van der Waals surface area contributed by atoms with Gasteiger partial charge in [-0.25, -0.2) is 0 Å². The summed E-state index contributed by atoms with van der Waals surface area (Å²) >= 11 is 0. The Kier molecular flexibility index (Phi) is 4.55. The summed E-state index contributed by atoms with van der Waals surface area (Å²) in [6.07, 6.45) is 0.405. The van der Waals surface area contributed by atoms with Crippen LogP contribution in [-0.2, 0) is 16.0 Å². The van der Waals surface area contributed by atoms with E-state index in [9.17, 15) is 9.59 Å². The lowest BCUT2D eigenvalue weighted by Gasteiger charge is -2.15. The zero-order valence-electron chi connectivity index (χ0n) is 11.9. The van der Waals surface area contributed by atoms with Gasteiger partial charge in [0.25, 0.3) is 0 Å². The molecular formula is C16H19N3O2. The Morgan fingerprint density at radius 2 is 1.81 bits per heavy atom. The first kappa shape index (κ1) is 15.0. The van der Waals surface area contributed by atoms with E-state index in [1.165, 1.54) is 6.92 Å². The normalized spacial score (nSPS) is 13.6. The van der Waals surface area contributed by atoms with Gasteiger partial charge < -0.3 is 16.8 Å². The second-order valence-corrected chi connectivity index (χ2v) is 5.12. The van der Waals surface area contributed by atoms with Gasteiger partial charge in [0.1, 0.15) is 6.04 Å². The number of nitrogens with one attached hydrogen (secondary N) is 1. The van der Waals surface area contributed by atoms with Crippen molar-refractivity contribution in [2.24, 2.45) is 11.5 Å². The Morgan fingerprint density at radius 3 is 2.48 bits per heavy atom. The van der Waals surface area contributed by atoms with E-state index in [1.54, 1.807) is 0 Å². The highest BCUT2D eigenvalue weighted by molar-refractivity contribution is 5.89. The average Bonchev–Trinajstić information content (AvgIpc) is 2.46. The first-order valence-electron chi connectivity index (χ1n) is 6.80. The molecule has 2 atom stereocenters. The maximum absolute atomic E-state index is 11.9. The Balaban J connectivity index is 2.05. The lowest BCUT2D eigenvalue weighted by atomic mass is 10.0. The molecule has 1 unspecified atom stereocenters. The van der Waals surface area contributed by atoms with E-state index >= 15 is 0 Å². The molecule has 5 N–H and O–H groups in total. The van der Waals surface area contributed by atoms with Crippen molar-refractivity contribution in [1.29, 1.82) is 0 Å². The fourth-order valence-corrected chi connectivity index (χ4v) is 2.10. The van der Waals surface area contributed by atoms with Crippen LogP contribution in [0.1, 0.15) is 12.5 Å². The summed E-state index contributed by atoms with van der Waals surface area (Å²) < 4.78 is 0. The summed E-state index contributed by atoms with van der Waals surface area (Å²) in [5.41, 5.74) is 12.0. The number of hydrogen-bond donors (Lipinski definition) is 3. The van der Waals surface area contributed by atoms with Gasteiger partial charge >= 0.3 is 0 Å². The maximum atomic E-state index is 11.9. The maximum Gasteiger partial charge on any atom is 0.239 e. The molecule has 0 spiro atoms. The molecule has 0 aromatic heterocycles. The minimum Gasteiger partial charge on any atom is -0.368 e. The van der Waals surface area contributed by atoms with Crippen molar-refractivity contribution < 1.29 is 9.59 Å². The fourth-order valence-electron chi connectivity index (χ4n) is 2.10. The third kappa shape index (κ3) is 3.79. The van der Waals surface area contributed by atoms with Crippen LogP contribution in [-0.4, -0.2) is 23.9 Å². The van der Waals surface area contributed by atoms with Crippen LogP contribution in [0.2, 0.25) is 0 Å². The number of nitrogens with two attached hydrogens (primary N) is 2. The van der Waals surface area contributed by atoms with Crippen molar-refractivity contribution in [2.75, 3.05) is 0 Å². The number of fused-ring (bicyclic) bond motifs is 1. The summed E-state index contributed by atoms with van der Waals surface area (Å²) in [5.74, 6) is -0.962. The zero-order valence-corrected chi connectivity index (χ0v) is 11.9. The summed E-state index contributed by atoms with van der Waals surface area (Å²) in [4.78, 5) is 22.8. The summed E-state index contributed by atoms with van der Waals surface area (Å²) in [7, 11) is 0. The van der Waals surface area contributed by atoms with Gasteiger partial charge in [0.2, 0.25) is 11.8 Å². The van der Waals surface area contributed by atoms with Crippen LogP contribution in [0.15, 0.2) is 42.5 Å². The van der Waals surface area contributed by atoms with Crippen molar-refractivity contribution in [3.8, 4) is 0 Å². The molecule has 2 aromatic rings. The Bertz CT molecular complexity index is 669. The van der Waals surface area contributed by atoms with E-state index in [4.69, 9.17) is 11.5 Å². The van der Waals surface area contributed by atoms with Crippen LogP contribution in [0, 0.1) is 0 Å². The second kappa shape index (κ2) is 6.37. The molecule has 0 heterocycles. The van der Waals surface area contributed by atoms with Gasteiger partial charge in [-0.15, -0.1) is 0 Å². The number of benzene rings is 2. The molecular weight excluding hydrogens is 266 g/mol. The first-order valence-corrected chi connectivity index (χ1v) is 6.80. The van der Waals surface area contributed by atoms with E-state index in [0.29, 0.717) is 6.42 Å². The Morgan fingerprint density at radius 1 is 1.14 bits per heavy atom. The van der Waals surface area contributed by atoms with Gasteiger partial charge in [-0.1, -0.05) is 42.5 Å². The Labute approximate surface area is 123 Å². The quantitative estimate of drug-likeness (QED) is 0.754. The molecule has 0 aliphatic rings. The van der Waals surface area contributed by atoms with E-state index in [1.807, 2.05) is 42.5 Å². The third-order valence-corrected chi connectivity index (χ3v) is 3.39. The third-order valence-electron chi connectivity index (χ3n) is 3.39. The smallest absolute Gasteiger partial charge is 0.239 e. The molecule has 2 aromatic carbocycles. The van der Waals surface area contributed by atoms with E-state index in [0.717, 1.165) is 16.3 Å². The summed E-state index contributed by atoms with van der Waals surface area (Å²) in [6, 6.07) is 12.5. The Hall–Kier alpha value is -2.40. The average molecular weight is 285 g/mol. The van der Waals surface area contributed by atoms with E-state index in [-0.39, 0.29) is 5.91 Å². The van der Waals surface area contributed by atoms with Crippen LogP contribution in [0.25, 0.3) is 10.8 Å². The number of rotatable bonds is 5. The number of carbonyl (C=O) groups excluding carboxylic acids is 2. The van der Waals surface area contributed by atoms with Gasteiger partial charge in [0.05, 0.1) is 6.04 Å². The van der Waals surface area contributed by atoms with Gasteiger partial charge in [-0.05, 0) is 29.7 Å². The van der Waals surface area contributed by atoms with E-state index in [2.05, 4.69) is 5.32 Å². The minimum atomic E-state index is -0.722. The van der Waals surface area contributed by atoms with Crippen LogP contribution in [0.5, 0.6) is 0 Å². The van der Waals surface area contributed by atoms with Crippen LogP contribution >= 0.6 is 0 Å². The number of carbonyl (C=O) groups is 2. The molecule has 21 heavy (non-hydrogen) atoms. The van der Waals surface area contributed by atoms with Crippen molar-refractivity contribution in [3.05, 3.63) is 48.0 Å². The molecule has 0 saturated carbocycles. The summed E-state index contributed by atoms with van der Waals surface area (Å²) in [6.45, 7) is 1.53. The van der Waals surface area contributed by atoms with Crippen LogP contribution in [0.4, 0.5) is 0 Å². The predicted molar refractivity (Wildman–Crippen MR) is 82.4 cm³/mol. The molecule has 5 heteroatoms. The topological polar surface area (TPSA) is 98.2 Å². The molecule has 0 saturated heterocycles. The molecule has 5 nitrogen and oxygen atoms in total. The van der Waals surface area contributed by atoms with Crippen molar-refractivity contribution in [1.82, 2.24) is 5.32 Å². The minimum absolute atomic E-state index is 0.380. The SMILES string of the molecule is CC(NC(=O)[C@@H](N)Cc1ccc2ccccc2c1)C(N)=O. The molecule has 110 valence electrons. The predicted octanol–water partition coefficient (Wildman–Crippen LogP) is 0.700. The summed E-state index contributed by atoms with van der Waals surface area (Å²) in [5, 5.41) is 4.74. The first-order chi connectivity index (χ1) is 9.97. The van der Waals surface area contributed by atoms with Gasteiger partial charge in [0.15, 0.2) is 0 Å². The molecule has 0 aliphatic heterocycles. The van der Waals surface area contributed by atoms with Gasteiger partial charge in [0, 0.05) is 0 Å². The highest BCUT2D eigenvalue weighted by Gasteiger charge is 2.18. The number of primary amides is 1. The number of hydrogen-bond acceptors (Lipinski definition) is 3. The molecule has 2 rings (SSSR count). The van der Waals surface area contributed by atoms with Crippen molar-refractivity contribution in [3.63, 3.8) is 0 Å². The fraction of sp³-hybridized carbons (Fsp3) is 0.250. The largest absolute Gasteiger partial charge is 0.368 e. The highest BCUT2D eigenvalue weighted by atomic mass is 16.2. The second-order valence-electron chi connectivity index (χ2n) is 5.12. The highest BCUT2D eigenvalue weighted by Crippen LogP contribution is 2.16. The molecule has 0 fully saturated rings. The molecule has 0 radical (unpaired) electrons. The lowest BCUT2D eigenvalue weighted by Crippen LogP contribution is -2.49. The van der Waals surface area contributed by atoms with Crippen LogP contribution < -0.4 is 16.8 Å². The zero-order chi connectivity index (χ0) is 15.4. The standard InChI is InChI=1S/C16H19N3O2/c1-10(15(18)20)19-16(21)14(17)9-11-6-7-12-4-2-3-5-13(12)8-11/h2-8,10,14H,9,17H2,1H3,(H2,18,20)(H,19,21)/t10?,14-/m0/s1. The molecule has 0 bridgehead atoms.